The summed E-state index contributed by atoms with van der Waals surface area (Å²) in [6, 6.07) is 11.5. The summed E-state index contributed by atoms with van der Waals surface area (Å²) in [5.74, 6) is -1.24. The van der Waals surface area contributed by atoms with Gasteiger partial charge in [-0.25, -0.2) is 12.8 Å². The van der Waals surface area contributed by atoms with Crippen LogP contribution in [0.5, 0.6) is 0 Å². The molecule has 1 amide bonds. The minimum atomic E-state index is -3.78. The fourth-order valence-electron chi connectivity index (χ4n) is 3.12. The first-order valence-corrected chi connectivity index (χ1v) is 10.1. The number of halogens is 1. The summed E-state index contributed by atoms with van der Waals surface area (Å²) in [5, 5.41) is 12.0. The molecule has 1 heterocycles. The lowest BCUT2D eigenvalue weighted by Crippen LogP contribution is -2.43. The average Bonchev–Trinajstić information content (AvgIpc) is 2.68. The van der Waals surface area contributed by atoms with Crippen LogP contribution >= 0.6 is 0 Å². The number of piperidine rings is 1. The van der Waals surface area contributed by atoms with E-state index in [0.29, 0.717) is 30.6 Å². The molecule has 0 spiro atoms. The topological polar surface area (TPSA) is 86.7 Å². The molecule has 0 unspecified atom stereocenters. The highest BCUT2D eigenvalue weighted by molar-refractivity contribution is 7.89. The van der Waals surface area contributed by atoms with Gasteiger partial charge in [0.15, 0.2) is 0 Å². The number of rotatable bonds is 5. The van der Waals surface area contributed by atoms with Gasteiger partial charge in [-0.3, -0.25) is 4.79 Å². The first kappa shape index (κ1) is 19.5. The van der Waals surface area contributed by atoms with Crippen LogP contribution in [0.15, 0.2) is 53.4 Å². The molecule has 0 saturated carbocycles. The zero-order chi connectivity index (χ0) is 19.4. The van der Waals surface area contributed by atoms with Crippen LogP contribution in [0, 0.1) is 11.7 Å². The Bertz CT molecular complexity index is 916. The molecule has 1 saturated heterocycles. The largest absolute Gasteiger partial charge is 0.392 e. The van der Waals surface area contributed by atoms with Crippen LogP contribution in [0.2, 0.25) is 0 Å². The molecule has 1 atom stereocenters. The highest BCUT2D eigenvalue weighted by Crippen LogP contribution is 2.25. The Morgan fingerprint density at radius 3 is 2.67 bits per heavy atom. The standard InChI is InChI=1S/C19H21FN2O4S/c20-16-6-8-18(9-7-16)27(25,26)22-10-2-4-15(12-22)19(24)21-17-5-1-3-14(11-17)13-23/h1,3,5-9,11,15,23H,2,4,10,12-13H2,(H,21,24)/t15-/m0/s1. The summed E-state index contributed by atoms with van der Waals surface area (Å²) in [6.45, 7) is 0.269. The van der Waals surface area contributed by atoms with Gasteiger partial charge in [-0.1, -0.05) is 12.1 Å². The lowest BCUT2D eigenvalue weighted by atomic mass is 9.98. The summed E-state index contributed by atoms with van der Waals surface area (Å²) in [4.78, 5) is 12.6. The lowest BCUT2D eigenvalue weighted by Gasteiger charge is -2.31. The Morgan fingerprint density at radius 1 is 1.22 bits per heavy atom. The summed E-state index contributed by atoms with van der Waals surface area (Å²) in [5.41, 5.74) is 1.24. The Morgan fingerprint density at radius 2 is 1.96 bits per heavy atom. The number of anilines is 1. The van der Waals surface area contributed by atoms with Gasteiger partial charge in [0.05, 0.1) is 17.4 Å². The number of benzene rings is 2. The third kappa shape index (κ3) is 4.52. The minimum Gasteiger partial charge on any atom is -0.392 e. The molecule has 3 rings (SSSR count). The monoisotopic (exact) mass is 392 g/mol. The summed E-state index contributed by atoms with van der Waals surface area (Å²) < 4.78 is 39.8. The third-order valence-electron chi connectivity index (χ3n) is 4.58. The molecule has 27 heavy (non-hydrogen) atoms. The van der Waals surface area contributed by atoms with Crippen LogP contribution in [0.1, 0.15) is 18.4 Å². The predicted molar refractivity (Wildman–Crippen MR) is 98.9 cm³/mol. The number of hydrogen-bond donors (Lipinski definition) is 2. The molecule has 6 nitrogen and oxygen atoms in total. The zero-order valence-electron chi connectivity index (χ0n) is 14.6. The molecule has 1 fully saturated rings. The van der Waals surface area contributed by atoms with Gasteiger partial charge < -0.3 is 10.4 Å². The second-order valence-corrected chi connectivity index (χ2v) is 8.44. The second kappa shape index (κ2) is 8.16. The molecule has 2 aromatic rings. The number of nitrogens with one attached hydrogen (secondary N) is 1. The SMILES string of the molecule is O=C(Nc1cccc(CO)c1)[C@H]1CCCN(S(=O)(=O)c2ccc(F)cc2)C1. The molecule has 2 N–H and O–H groups in total. The average molecular weight is 392 g/mol. The number of amides is 1. The van der Waals surface area contributed by atoms with Crippen molar-refractivity contribution in [3.8, 4) is 0 Å². The number of carbonyl (C=O) groups excluding carboxylic acids is 1. The Hall–Kier alpha value is -2.29. The molecule has 0 aromatic heterocycles. The maximum Gasteiger partial charge on any atom is 0.243 e. The Balaban J connectivity index is 1.71. The van der Waals surface area contributed by atoms with Crippen LogP contribution in [-0.2, 0) is 21.4 Å². The van der Waals surface area contributed by atoms with E-state index in [9.17, 15) is 22.7 Å². The van der Waals surface area contributed by atoms with Crippen molar-refractivity contribution in [2.45, 2.75) is 24.3 Å². The number of sulfonamides is 1. The molecular formula is C19H21FN2O4S. The summed E-state index contributed by atoms with van der Waals surface area (Å²) in [7, 11) is -3.78. The van der Waals surface area contributed by atoms with Gasteiger partial charge in [0.2, 0.25) is 15.9 Å². The number of nitrogens with zero attached hydrogens (tertiary/aromatic N) is 1. The number of hydrogen-bond acceptors (Lipinski definition) is 4. The van der Waals surface area contributed by atoms with E-state index in [0.717, 1.165) is 12.1 Å². The van der Waals surface area contributed by atoms with Crippen molar-refractivity contribution in [2.75, 3.05) is 18.4 Å². The van der Waals surface area contributed by atoms with Gasteiger partial charge in [-0.05, 0) is 54.8 Å². The van der Waals surface area contributed by atoms with Crippen molar-refractivity contribution in [3.05, 3.63) is 59.9 Å². The van der Waals surface area contributed by atoms with E-state index in [2.05, 4.69) is 5.32 Å². The van der Waals surface area contributed by atoms with Gasteiger partial charge in [0, 0.05) is 18.8 Å². The first-order chi connectivity index (χ1) is 12.9. The lowest BCUT2D eigenvalue weighted by molar-refractivity contribution is -0.120. The van der Waals surface area contributed by atoms with Gasteiger partial charge in [0.25, 0.3) is 0 Å². The highest BCUT2D eigenvalue weighted by Gasteiger charge is 2.33. The van der Waals surface area contributed by atoms with Gasteiger partial charge in [-0.15, -0.1) is 0 Å². The van der Waals surface area contributed by atoms with E-state index in [-0.39, 0.29) is 24.0 Å². The maximum atomic E-state index is 13.1. The van der Waals surface area contributed by atoms with E-state index in [1.165, 1.54) is 16.4 Å². The van der Waals surface area contributed by atoms with E-state index >= 15 is 0 Å². The van der Waals surface area contributed by atoms with Gasteiger partial charge in [0.1, 0.15) is 5.82 Å². The number of carbonyl (C=O) groups is 1. The first-order valence-electron chi connectivity index (χ1n) is 8.66. The zero-order valence-corrected chi connectivity index (χ0v) is 15.5. The summed E-state index contributed by atoms with van der Waals surface area (Å²) in [6.07, 6.45) is 1.15. The fraction of sp³-hybridized carbons (Fsp3) is 0.316. The third-order valence-corrected chi connectivity index (χ3v) is 6.46. The quantitative estimate of drug-likeness (QED) is 0.818. The van der Waals surface area contributed by atoms with Crippen LogP contribution < -0.4 is 5.32 Å². The van der Waals surface area contributed by atoms with Gasteiger partial charge >= 0.3 is 0 Å². The molecule has 0 bridgehead atoms. The minimum absolute atomic E-state index is 0.0144. The van der Waals surface area contributed by atoms with Crippen LogP contribution in [0.3, 0.4) is 0 Å². The second-order valence-electron chi connectivity index (χ2n) is 6.50. The van der Waals surface area contributed by atoms with Crippen molar-refractivity contribution in [3.63, 3.8) is 0 Å². The predicted octanol–water partition coefficient (Wildman–Crippen LogP) is 2.36. The molecule has 1 aliphatic rings. The highest BCUT2D eigenvalue weighted by atomic mass is 32.2. The van der Waals surface area contributed by atoms with Crippen molar-refractivity contribution >= 4 is 21.6 Å². The van der Waals surface area contributed by atoms with Crippen molar-refractivity contribution in [2.24, 2.45) is 5.92 Å². The van der Waals surface area contributed by atoms with Crippen LogP contribution in [0.4, 0.5) is 10.1 Å². The van der Waals surface area contributed by atoms with E-state index in [1.807, 2.05) is 0 Å². The van der Waals surface area contributed by atoms with E-state index < -0.39 is 21.8 Å². The Kier molecular flexibility index (Phi) is 5.88. The molecular weight excluding hydrogens is 371 g/mol. The molecule has 0 radical (unpaired) electrons. The molecule has 2 aromatic carbocycles. The van der Waals surface area contributed by atoms with Crippen LogP contribution in [-0.4, -0.2) is 36.8 Å². The molecule has 8 heteroatoms. The van der Waals surface area contributed by atoms with Crippen molar-refractivity contribution in [1.82, 2.24) is 4.31 Å². The van der Waals surface area contributed by atoms with Gasteiger partial charge in [-0.2, -0.15) is 4.31 Å². The number of aliphatic hydroxyl groups excluding tert-OH is 1. The van der Waals surface area contributed by atoms with Crippen LogP contribution in [0.25, 0.3) is 0 Å². The maximum absolute atomic E-state index is 13.1. The van der Waals surface area contributed by atoms with Crippen molar-refractivity contribution in [1.29, 1.82) is 0 Å². The van der Waals surface area contributed by atoms with Crippen molar-refractivity contribution < 1.29 is 22.7 Å². The van der Waals surface area contributed by atoms with E-state index in [4.69, 9.17) is 0 Å². The van der Waals surface area contributed by atoms with E-state index in [1.54, 1.807) is 24.3 Å². The number of aliphatic hydroxyl groups is 1. The molecule has 0 aliphatic carbocycles. The smallest absolute Gasteiger partial charge is 0.243 e. The normalized spacial score (nSPS) is 18.2. The Labute approximate surface area is 157 Å². The molecule has 144 valence electrons. The summed E-state index contributed by atoms with van der Waals surface area (Å²) >= 11 is 0. The fourth-order valence-corrected chi connectivity index (χ4v) is 4.65. The molecule has 1 aliphatic heterocycles.